The summed E-state index contributed by atoms with van der Waals surface area (Å²) in [4.78, 5) is 12.9. The van der Waals surface area contributed by atoms with Crippen molar-refractivity contribution < 1.29 is 13.7 Å². The van der Waals surface area contributed by atoms with Crippen molar-refractivity contribution in [2.24, 2.45) is 0 Å². The second-order valence-electron chi connectivity index (χ2n) is 4.82. The maximum Gasteiger partial charge on any atom is 0.252 e. The van der Waals surface area contributed by atoms with E-state index in [0.717, 1.165) is 19.4 Å². The molecule has 1 atom stereocenters. The largest absolute Gasteiger partial charge is 0.377 e. The van der Waals surface area contributed by atoms with Crippen LogP contribution in [0, 0.1) is 0 Å². The average molecular weight is 307 g/mol. The van der Waals surface area contributed by atoms with Crippen LogP contribution < -0.4 is 5.32 Å². The molecule has 1 amide bonds. The molecule has 1 aliphatic heterocycles. The van der Waals surface area contributed by atoms with E-state index < -0.39 is 10.8 Å². The quantitative estimate of drug-likeness (QED) is 0.820. The average Bonchev–Trinajstić information content (AvgIpc) is 2.55. The molecule has 114 valence electrons. The highest BCUT2D eigenvalue weighted by molar-refractivity contribution is 7.85. The summed E-state index contributed by atoms with van der Waals surface area (Å²) in [6.45, 7) is 3.87. The van der Waals surface area contributed by atoms with Crippen LogP contribution >= 0.6 is 0 Å². The molecule has 1 aromatic rings. The Kier molecular flexibility index (Phi) is 6.14. The second-order valence-corrected chi connectivity index (χ2v) is 6.53. The first kappa shape index (κ1) is 15.9. The van der Waals surface area contributed by atoms with Crippen molar-refractivity contribution in [3.05, 3.63) is 41.5 Å². The minimum atomic E-state index is -1.12. The molecule has 1 N–H and O–H groups in total. The van der Waals surface area contributed by atoms with Gasteiger partial charge in [-0.05, 0) is 25.0 Å². The van der Waals surface area contributed by atoms with E-state index in [4.69, 9.17) is 4.74 Å². The van der Waals surface area contributed by atoms with Gasteiger partial charge in [0.25, 0.3) is 5.91 Å². The minimum Gasteiger partial charge on any atom is -0.377 e. The maximum atomic E-state index is 12.2. The molecule has 2 rings (SSSR count). The van der Waals surface area contributed by atoms with Crippen LogP contribution in [0.15, 0.2) is 40.8 Å². The first-order valence-electron chi connectivity index (χ1n) is 7.23. The normalized spacial score (nSPS) is 16.1. The van der Waals surface area contributed by atoms with Gasteiger partial charge in [-0.3, -0.25) is 9.00 Å². The molecular weight excluding hydrogens is 286 g/mol. The summed E-state index contributed by atoms with van der Waals surface area (Å²) in [5, 5.41) is 2.91. The van der Waals surface area contributed by atoms with E-state index in [1.807, 2.05) is 13.0 Å². The summed E-state index contributed by atoms with van der Waals surface area (Å²) in [6, 6.07) is 7.10. The summed E-state index contributed by atoms with van der Waals surface area (Å²) < 4.78 is 17.2. The zero-order chi connectivity index (χ0) is 15.1. The Morgan fingerprint density at radius 2 is 2.19 bits per heavy atom. The third-order valence-electron chi connectivity index (χ3n) is 3.43. The summed E-state index contributed by atoms with van der Waals surface area (Å²) >= 11 is 0. The van der Waals surface area contributed by atoms with E-state index >= 15 is 0 Å². The number of rotatable bonds is 6. The van der Waals surface area contributed by atoms with E-state index in [1.165, 1.54) is 5.57 Å². The Bertz CT molecular complexity index is 554. The van der Waals surface area contributed by atoms with E-state index in [0.29, 0.717) is 29.4 Å². The van der Waals surface area contributed by atoms with Gasteiger partial charge < -0.3 is 10.1 Å². The smallest absolute Gasteiger partial charge is 0.252 e. The van der Waals surface area contributed by atoms with Crippen molar-refractivity contribution in [3.8, 4) is 0 Å². The Labute approximate surface area is 128 Å². The summed E-state index contributed by atoms with van der Waals surface area (Å²) in [7, 11) is -1.12. The van der Waals surface area contributed by atoms with Gasteiger partial charge in [-0.25, -0.2) is 0 Å². The molecular formula is C16H21NO3S. The number of amides is 1. The monoisotopic (exact) mass is 307 g/mol. The molecule has 1 aromatic carbocycles. The fourth-order valence-electron chi connectivity index (χ4n) is 2.23. The lowest BCUT2D eigenvalue weighted by atomic mass is 10.1. The molecule has 0 spiro atoms. The number of carbonyl (C=O) groups is 1. The summed E-state index contributed by atoms with van der Waals surface area (Å²) in [6.07, 6.45) is 3.86. The number of hydrogen-bond acceptors (Lipinski definition) is 3. The van der Waals surface area contributed by atoms with Gasteiger partial charge >= 0.3 is 0 Å². The molecule has 1 heterocycles. The Balaban J connectivity index is 1.94. The van der Waals surface area contributed by atoms with Gasteiger partial charge in [-0.2, -0.15) is 0 Å². The van der Waals surface area contributed by atoms with Crippen LogP contribution in [0.5, 0.6) is 0 Å². The summed E-state index contributed by atoms with van der Waals surface area (Å²) in [5.74, 6) is 0.358. The molecule has 0 saturated carbocycles. The predicted octanol–water partition coefficient (Wildman–Crippen LogP) is 2.28. The van der Waals surface area contributed by atoms with Gasteiger partial charge in [0.05, 0.1) is 34.5 Å². The van der Waals surface area contributed by atoms with Crippen molar-refractivity contribution in [2.45, 2.75) is 24.7 Å². The lowest BCUT2D eigenvalue weighted by Gasteiger charge is -2.14. The van der Waals surface area contributed by atoms with Gasteiger partial charge in [0.2, 0.25) is 0 Å². The molecule has 0 saturated heterocycles. The van der Waals surface area contributed by atoms with Crippen LogP contribution in [0.25, 0.3) is 0 Å². The number of ether oxygens (including phenoxy) is 1. The maximum absolute atomic E-state index is 12.2. The molecule has 0 radical (unpaired) electrons. The molecule has 0 aliphatic carbocycles. The molecule has 1 aliphatic rings. The topological polar surface area (TPSA) is 55.4 Å². The van der Waals surface area contributed by atoms with Crippen LogP contribution in [0.4, 0.5) is 0 Å². The molecule has 4 nitrogen and oxygen atoms in total. The van der Waals surface area contributed by atoms with Crippen molar-refractivity contribution in [1.29, 1.82) is 0 Å². The highest BCUT2D eigenvalue weighted by Gasteiger charge is 2.14. The van der Waals surface area contributed by atoms with Crippen LogP contribution in [0.3, 0.4) is 0 Å². The lowest BCUT2D eigenvalue weighted by Crippen LogP contribution is -2.26. The zero-order valence-electron chi connectivity index (χ0n) is 12.3. The first-order valence-corrected chi connectivity index (χ1v) is 8.55. The Morgan fingerprint density at radius 3 is 2.90 bits per heavy atom. The molecule has 0 bridgehead atoms. The van der Waals surface area contributed by atoms with Crippen molar-refractivity contribution in [2.75, 3.05) is 25.5 Å². The number of carbonyl (C=O) groups excluding carboxylic acids is 1. The van der Waals surface area contributed by atoms with E-state index in [-0.39, 0.29) is 5.91 Å². The van der Waals surface area contributed by atoms with Gasteiger partial charge in [0, 0.05) is 12.3 Å². The van der Waals surface area contributed by atoms with Crippen LogP contribution in [0.1, 0.15) is 30.1 Å². The zero-order valence-corrected chi connectivity index (χ0v) is 13.1. The number of nitrogens with one attached hydrogen (secondary N) is 1. The minimum absolute atomic E-state index is 0.153. The molecule has 5 heteroatoms. The molecule has 0 fully saturated rings. The van der Waals surface area contributed by atoms with Crippen molar-refractivity contribution >= 4 is 16.7 Å². The lowest BCUT2D eigenvalue weighted by molar-refractivity contribution is 0.0950. The Morgan fingerprint density at radius 1 is 1.38 bits per heavy atom. The third-order valence-corrected chi connectivity index (χ3v) is 4.80. The van der Waals surface area contributed by atoms with E-state index in [1.54, 1.807) is 18.2 Å². The van der Waals surface area contributed by atoms with Crippen molar-refractivity contribution in [1.82, 2.24) is 5.32 Å². The van der Waals surface area contributed by atoms with Crippen LogP contribution in [0.2, 0.25) is 0 Å². The Hall–Kier alpha value is -1.46. The van der Waals surface area contributed by atoms with Gasteiger partial charge in [-0.1, -0.05) is 30.7 Å². The highest BCUT2D eigenvalue weighted by Crippen LogP contribution is 2.14. The fraction of sp³-hybridized carbons (Fsp3) is 0.438. The fourth-order valence-corrected chi connectivity index (χ4v) is 3.18. The number of hydrogen-bond donors (Lipinski definition) is 1. The molecule has 0 aromatic heterocycles. The van der Waals surface area contributed by atoms with Crippen LogP contribution in [-0.2, 0) is 15.5 Å². The van der Waals surface area contributed by atoms with Crippen LogP contribution in [-0.4, -0.2) is 35.6 Å². The SMILES string of the molecule is CC[S@@](=O)c1ccccc1C(=O)NCCC1=CCOCC1. The van der Waals surface area contributed by atoms with Gasteiger partial charge in [-0.15, -0.1) is 0 Å². The highest BCUT2D eigenvalue weighted by atomic mass is 32.2. The second kappa shape index (κ2) is 8.10. The summed E-state index contributed by atoms with van der Waals surface area (Å²) in [5.41, 5.74) is 1.84. The molecule has 0 unspecified atom stereocenters. The van der Waals surface area contributed by atoms with Crippen molar-refractivity contribution in [3.63, 3.8) is 0 Å². The molecule has 21 heavy (non-hydrogen) atoms. The van der Waals surface area contributed by atoms with Gasteiger partial charge in [0.1, 0.15) is 0 Å². The predicted molar refractivity (Wildman–Crippen MR) is 83.9 cm³/mol. The number of benzene rings is 1. The third kappa shape index (κ3) is 4.51. The first-order chi connectivity index (χ1) is 10.2. The standard InChI is InChI=1S/C16H21NO3S/c1-2-21(19)15-6-4-3-5-14(15)16(18)17-10-7-13-8-11-20-12-9-13/h3-6,8H,2,7,9-12H2,1H3,(H,17,18)/t21-/m1/s1. The van der Waals surface area contributed by atoms with Gasteiger partial charge in [0.15, 0.2) is 0 Å². The van der Waals surface area contributed by atoms with E-state index in [2.05, 4.69) is 11.4 Å². The van der Waals surface area contributed by atoms with E-state index in [9.17, 15) is 9.00 Å².